The number of anilines is 1. The fraction of sp³-hybridized carbons (Fsp3) is 0.350. The van der Waals surface area contributed by atoms with E-state index in [9.17, 15) is 9.18 Å². The average Bonchev–Trinajstić information content (AvgIpc) is 2.62. The molecule has 0 unspecified atom stereocenters. The standard InChI is InChI=1S/C20H24FN3O.ClH/c21-18-6-4-15(5-7-18)13-23-20(25)17-8-10-24(11-9-17)14-16-2-1-3-19(22)12-16;/h1-7,12,17H,8-11,13-14,22H2,(H,23,25);1H. The molecular formula is C20H25ClFN3O. The lowest BCUT2D eigenvalue weighted by Crippen LogP contribution is -2.40. The number of nitrogen functional groups attached to an aromatic ring is 1. The summed E-state index contributed by atoms with van der Waals surface area (Å²) in [4.78, 5) is 14.7. The Bertz CT molecular complexity index is 715. The summed E-state index contributed by atoms with van der Waals surface area (Å²) < 4.78 is 12.9. The van der Waals surface area contributed by atoms with Crippen molar-refractivity contribution in [1.29, 1.82) is 0 Å². The first-order valence-corrected chi connectivity index (χ1v) is 8.69. The SMILES string of the molecule is Cl.Nc1cccc(CN2CCC(C(=O)NCc3ccc(F)cc3)CC2)c1. The van der Waals surface area contributed by atoms with Crippen molar-refractivity contribution in [1.82, 2.24) is 10.2 Å². The minimum atomic E-state index is -0.261. The summed E-state index contributed by atoms with van der Waals surface area (Å²) in [5, 5.41) is 2.96. The lowest BCUT2D eigenvalue weighted by atomic mass is 9.95. The number of amides is 1. The predicted molar refractivity (Wildman–Crippen MR) is 104 cm³/mol. The highest BCUT2D eigenvalue weighted by Crippen LogP contribution is 2.20. The van der Waals surface area contributed by atoms with Crippen LogP contribution in [-0.2, 0) is 17.9 Å². The fourth-order valence-electron chi connectivity index (χ4n) is 3.24. The van der Waals surface area contributed by atoms with Crippen LogP contribution in [-0.4, -0.2) is 23.9 Å². The molecule has 0 bridgehead atoms. The second-order valence-electron chi connectivity index (χ2n) is 6.64. The van der Waals surface area contributed by atoms with Crippen molar-refractivity contribution in [3.63, 3.8) is 0 Å². The fourth-order valence-corrected chi connectivity index (χ4v) is 3.24. The van der Waals surface area contributed by atoms with Crippen molar-refractivity contribution in [2.75, 3.05) is 18.8 Å². The normalized spacial score (nSPS) is 15.3. The molecule has 0 saturated carbocycles. The van der Waals surface area contributed by atoms with E-state index in [0.717, 1.165) is 43.7 Å². The van der Waals surface area contributed by atoms with E-state index >= 15 is 0 Å². The highest BCUT2D eigenvalue weighted by Gasteiger charge is 2.24. The Morgan fingerprint density at radius 3 is 2.46 bits per heavy atom. The van der Waals surface area contributed by atoms with Crippen molar-refractivity contribution in [3.05, 3.63) is 65.5 Å². The molecule has 3 rings (SSSR count). The molecule has 1 aliphatic rings. The third-order valence-electron chi connectivity index (χ3n) is 4.70. The molecule has 0 aliphatic carbocycles. The van der Waals surface area contributed by atoms with E-state index < -0.39 is 0 Å². The third kappa shape index (κ3) is 5.71. The van der Waals surface area contributed by atoms with Gasteiger partial charge in [-0.25, -0.2) is 4.39 Å². The van der Waals surface area contributed by atoms with Crippen LogP contribution >= 0.6 is 12.4 Å². The predicted octanol–water partition coefficient (Wildman–Crippen LogP) is 3.36. The second-order valence-corrected chi connectivity index (χ2v) is 6.64. The van der Waals surface area contributed by atoms with Gasteiger partial charge in [-0.05, 0) is 61.3 Å². The van der Waals surface area contributed by atoms with E-state index in [-0.39, 0.29) is 30.0 Å². The Kier molecular flexibility index (Phi) is 7.42. The highest BCUT2D eigenvalue weighted by atomic mass is 35.5. The van der Waals surface area contributed by atoms with Gasteiger partial charge in [0, 0.05) is 24.7 Å². The Hall–Kier alpha value is -2.11. The molecule has 140 valence electrons. The molecule has 2 aromatic rings. The van der Waals surface area contributed by atoms with Gasteiger partial charge in [0.1, 0.15) is 5.82 Å². The number of nitrogens with one attached hydrogen (secondary N) is 1. The smallest absolute Gasteiger partial charge is 0.223 e. The summed E-state index contributed by atoms with van der Waals surface area (Å²) in [6.45, 7) is 3.13. The summed E-state index contributed by atoms with van der Waals surface area (Å²) in [5.41, 5.74) is 8.73. The van der Waals surface area contributed by atoms with Crippen LogP contribution in [0.4, 0.5) is 10.1 Å². The van der Waals surface area contributed by atoms with E-state index in [4.69, 9.17) is 5.73 Å². The summed E-state index contributed by atoms with van der Waals surface area (Å²) >= 11 is 0. The summed E-state index contributed by atoms with van der Waals surface area (Å²) in [7, 11) is 0. The van der Waals surface area contributed by atoms with Crippen LogP contribution in [0.2, 0.25) is 0 Å². The molecule has 1 heterocycles. The van der Waals surface area contributed by atoms with Crippen molar-refractivity contribution in [2.24, 2.45) is 5.92 Å². The number of nitrogens with two attached hydrogens (primary N) is 1. The molecule has 0 spiro atoms. The van der Waals surface area contributed by atoms with Gasteiger partial charge in [-0.1, -0.05) is 24.3 Å². The number of hydrogen-bond donors (Lipinski definition) is 2. The molecule has 4 nitrogen and oxygen atoms in total. The summed E-state index contributed by atoms with van der Waals surface area (Å²) in [6.07, 6.45) is 1.72. The quantitative estimate of drug-likeness (QED) is 0.785. The van der Waals surface area contributed by atoms with Gasteiger partial charge in [-0.2, -0.15) is 0 Å². The molecule has 26 heavy (non-hydrogen) atoms. The number of likely N-dealkylation sites (tertiary alicyclic amines) is 1. The van der Waals surface area contributed by atoms with Crippen molar-refractivity contribution < 1.29 is 9.18 Å². The number of hydrogen-bond acceptors (Lipinski definition) is 3. The van der Waals surface area contributed by atoms with Crippen LogP contribution in [0, 0.1) is 11.7 Å². The van der Waals surface area contributed by atoms with Crippen molar-refractivity contribution in [3.8, 4) is 0 Å². The van der Waals surface area contributed by atoms with Gasteiger partial charge in [0.05, 0.1) is 0 Å². The average molecular weight is 378 g/mol. The topological polar surface area (TPSA) is 58.4 Å². The maximum Gasteiger partial charge on any atom is 0.223 e. The number of piperidine rings is 1. The van der Waals surface area contributed by atoms with E-state index in [1.807, 2.05) is 18.2 Å². The Labute approximate surface area is 160 Å². The third-order valence-corrected chi connectivity index (χ3v) is 4.70. The molecule has 0 aromatic heterocycles. The van der Waals surface area contributed by atoms with E-state index in [0.29, 0.717) is 6.54 Å². The lowest BCUT2D eigenvalue weighted by Gasteiger charge is -2.31. The Morgan fingerprint density at radius 1 is 1.12 bits per heavy atom. The molecular weight excluding hydrogens is 353 g/mol. The first-order valence-electron chi connectivity index (χ1n) is 8.69. The van der Waals surface area contributed by atoms with E-state index in [2.05, 4.69) is 16.3 Å². The van der Waals surface area contributed by atoms with Crippen LogP contribution in [0.3, 0.4) is 0 Å². The van der Waals surface area contributed by atoms with Crippen molar-refractivity contribution in [2.45, 2.75) is 25.9 Å². The molecule has 1 fully saturated rings. The number of benzene rings is 2. The van der Waals surface area contributed by atoms with Crippen LogP contribution in [0.5, 0.6) is 0 Å². The number of carbonyl (C=O) groups is 1. The molecule has 1 aliphatic heterocycles. The molecule has 0 radical (unpaired) electrons. The maximum absolute atomic E-state index is 12.9. The number of carbonyl (C=O) groups excluding carboxylic acids is 1. The van der Waals surface area contributed by atoms with Crippen LogP contribution in [0.1, 0.15) is 24.0 Å². The minimum Gasteiger partial charge on any atom is -0.399 e. The zero-order valence-corrected chi connectivity index (χ0v) is 15.5. The number of rotatable bonds is 5. The molecule has 6 heteroatoms. The second kappa shape index (κ2) is 9.55. The zero-order chi connectivity index (χ0) is 17.6. The molecule has 3 N–H and O–H groups in total. The lowest BCUT2D eigenvalue weighted by molar-refractivity contribution is -0.126. The van der Waals surface area contributed by atoms with Gasteiger partial charge in [0.15, 0.2) is 0 Å². The highest BCUT2D eigenvalue weighted by molar-refractivity contribution is 5.85. The number of nitrogens with zero attached hydrogens (tertiary/aromatic N) is 1. The van der Waals surface area contributed by atoms with E-state index in [1.54, 1.807) is 12.1 Å². The largest absolute Gasteiger partial charge is 0.399 e. The zero-order valence-electron chi connectivity index (χ0n) is 14.7. The maximum atomic E-state index is 12.9. The minimum absolute atomic E-state index is 0. The number of halogens is 2. The first kappa shape index (κ1) is 20.2. The van der Waals surface area contributed by atoms with Crippen molar-refractivity contribution >= 4 is 24.0 Å². The summed E-state index contributed by atoms with van der Waals surface area (Å²) in [6, 6.07) is 14.2. The molecule has 2 aromatic carbocycles. The first-order chi connectivity index (χ1) is 12.1. The van der Waals surface area contributed by atoms with E-state index in [1.165, 1.54) is 17.7 Å². The molecule has 0 atom stereocenters. The monoisotopic (exact) mass is 377 g/mol. The van der Waals surface area contributed by atoms with Gasteiger partial charge in [-0.3, -0.25) is 9.69 Å². The van der Waals surface area contributed by atoms with Gasteiger partial charge >= 0.3 is 0 Å². The van der Waals surface area contributed by atoms with Crippen LogP contribution in [0.25, 0.3) is 0 Å². The van der Waals surface area contributed by atoms with Crippen LogP contribution < -0.4 is 11.1 Å². The summed E-state index contributed by atoms with van der Waals surface area (Å²) in [5.74, 6) is -0.118. The van der Waals surface area contributed by atoms with Crippen LogP contribution in [0.15, 0.2) is 48.5 Å². The molecule has 1 saturated heterocycles. The van der Waals surface area contributed by atoms with Gasteiger partial charge < -0.3 is 11.1 Å². The Morgan fingerprint density at radius 2 is 1.81 bits per heavy atom. The van der Waals surface area contributed by atoms with Gasteiger partial charge in [-0.15, -0.1) is 12.4 Å². The molecule has 1 amide bonds. The Balaban J connectivity index is 0.00000243. The van der Waals surface area contributed by atoms with Gasteiger partial charge in [0.2, 0.25) is 5.91 Å². The van der Waals surface area contributed by atoms with Gasteiger partial charge in [0.25, 0.3) is 0 Å².